The lowest BCUT2D eigenvalue weighted by molar-refractivity contribution is -0.127. The smallest absolute Gasteiger partial charge is 0.241 e. The monoisotopic (exact) mass is 475 g/mol. The third kappa shape index (κ3) is 2.59. The molecule has 3 aromatic rings. The summed E-state index contributed by atoms with van der Waals surface area (Å²) in [5.74, 6) is -5.64. The van der Waals surface area contributed by atoms with Crippen LogP contribution in [0.5, 0.6) is 0 Å². The Morgan fingerprint density at radius 3 is 1.97 bits per heavy atom. The van der Waals surface area contributed by atoms with Gasteiger partial charge in [-0.3, -0.25) is 19.2 Å². The van der Waals surface area contributed by atoms with Crippen LogP contribution in [0, 0.1) is 17.7 Å². The molecule has 0 aromatic heterocycles. The highest BCUT2D eigenvalue weighted by Gasteiger charge is 2.74. The highest BCUT2D eigenvalue weighted by atomic mass is 35.5. The quantitative estimate of drug-likeness (QED) is 0.410. The lowest BCUT2D eigenvalue weighted by Crippen LogP contribution is -2.51. The maximum absolute atomic E-state index is 13.7. The number of Topliss-reactive ketones (excluding diaryl/α,β-unsaturated/α-hetero) is 2. The molecular weight excluding hydrogens is 461 g/mol. The Balaban J connectivity index is 1.54. The number of hydrogen-bond donors (Lipinski definition) is 0. The first-order valence-corrected chi connectivity index (χ1v) is 11.0. The van der Waals surface area contributed by atoms with E-state index in [0.717, 1.165) is 17.0 Å². The van der Waals surface area contributed by atoms with Crippen molar-refractivity contribution in [3.8, 4) is 0 Å². The molecule has 34 heavy (non-hydrogen) atoms. The number of fused-ring (bicyclic) bond motifs is 3. The molecule has 3 atom stereocenters. The molecule has 8 heteroatoms. The van der Waals surface area contributed by atoms with Crippen LogP contribution in [0.25, 0.3) is 0 Å². The highest BCUT2D eigenvalue weighted by Crippen LogP contribution is 2.57. The van der Waals surface area contributed by atoms with E-state index in [2.05, 4.69) is 0 Å². The molecule has 6 nitrogen and oxygen atoms in total. The maximum atomic E-state index is 13.7. The van der Waals surface area contributed by atoms with Gasteiger partial charge in [-0.1, -0.05) is 48.0 Å². The number of carbonyl (C=O) groups is 4. The highest BCUT2D eigenvalue weighted by molar-refractivity contribution is 6.37. The van der Waals surface area contributed by atoms with E-state index in [1.54, 1.807) is 36.4 Å². The second-order valence-electron chi connectivity index (χ2n) is 8.52. The summed E-state index contributed by atoms with van der Waals surface area (Å²) < 4.78 is 19.7. The van der Waals surface area contributed by atoms with E-state index in [1.165, 1.54) is 24.3 Å². The number of imide groups is 1. The number of nitrogens with zero attached hydrogens (tertiary/aromatic N) is 1. The van der Waals surface area contributed by atoms with Gasteiger partial charge in [0.2, 0.25) is 29.0 Å². The van der Waals surface area contributed by atoms with Gasteiger partial charge in [-0.05, 0) is 42.0 Å². The second-order valence-corrected chi connectivity index (χ2v) is 8.96. The summed E-state index contributed by atoms with van der Waals surface area (Å²) in [7, 11) is 0. The number of anilines is 1. The number of rotatable bonds is 2. The van der Waals surface area contributed by atoms with Crippen LogP contribution in [0.2, 0.25) is 5.02 Å². The topological polar surface area (TPSA) is 80.8 Å². The summed E-state index contributed by atoms with van der Waals surface area (Å²) in [5.41, 5.74) is -1.17. The number of ether oxygens (including phenoxy) is 1. The van der Waals surface area contributed by atoms with Crippen molar-refractivity contribution in [2.45, 2.75) is 11.7 Å². The zero-order valence-electron chi connectivity index (χ0n) is 17.4. The van der Waals surface area contributed by atoms with Gasteiger partial charge < -0.3 is 4.74 Å². The lowest BCUT2D eigenvalue weighted by atomic mass is 9.77. The van der Waals surface area contributed by atoms with Crippen LogP contribution in [0.15, 0.2) is 72.8 Å². The fourth-order valence-corrected chi connectivity index (χ4v) is 5.44. The van der Waals surface area contributed by atoms with Crippen molar-refractivity contribution >= 4 is 40.7 Å². The summed E-state index contributed by atoms with van der Waals surface area (Å²) in [4.78, 5) is 55.6. The van der Waals surface area contributed by atoms with E-state index < -0.39 is 52.7 Å². The normalized spacial score (nSPS) is 24.8. The Kier molecular flexibility index (Phi) is 4.40. The lowest BCUT2D eigenvalue weighted by Gasteiger charge is -2.27. The molecule has 0 radical (unpaired) electrons. The molecule has 1 spiro atoms. The van der Waals surface area contributed by atoms with Crippen LogP contribution >= 0.6 is 11.6 Å². The Hall–Kier alpha value is -3.68. The molecule has 168 valence electrons. The number of hydrogen-bond acceptors (Lipinski definition) is 5. The van der Waals surface area contributed by atoms with E-state index in [4.69, 9.17) is 16.3 Å². The predicted molar refractivity (Wildman–Crippen MR) is 119 cm³/mol. The third-order valence-electron chi connectivity index (χ3n) is 6.80. The summed E-state index contributed by atoms with van der Waals surface area (Å²) in [6.45, 7) is 0. The molecule has 1 aliphatic carbocycles. The second kappa shape index (κ2) is 7.16. The van der Waals surface area contributed by atoms with Gasteiger partial charge >= 0.3 is 0 Å². The molecule has 2 saturated heterocycles. The fourth-order valence-electron chi connectivity index (χ4n) is 5.32. The predicted octanol–water partition coefficient (Wildman–Crippen LogP) is 4.17. The van der Waals surface area contributed by atoms with E-state index in [9.17, 15) is 23.6 Å². The van der Waals surface area contributed by atoms with Crippen molar-refractivity contribution in [3.63, 3.8) is 0 Å². The number of carbonyl (C=O) groups excluding carboxylic acids is 4. The number of amides is 2. The molecule has 2 amide bonds. The summed E-state index contributed by atoms with van der Waals surface area (Å²) in [6.07, 6.45) is -1.04. The standard InChI is InChI=1S/C26H15ClFNO5/c27-14-7-5-13(6-8-14)21-19-20(25(33)29(24(19)32)16-11-9-15(28)10-12-16)26(34-21)22(30)17-3-1-2-4-18(17)23(26)31/h1-12,19-21H/t19-,20-,21-/m1/s1. The van der Waals surface area contributed by atoms with Crippen molar-refractivity contribution in [2.24, 2.45) is 11.8 Å². The number of ketones is 2. The van der Waals surface area contributed by atoms with Crippen molar-refractivity contribution < 1.29 is 28.3 Å². The van der Waals surface area contributed by atoms with Crippen molar-refractivity contribution in [1.82, 2.24) is 0 Å². The van der Waals surface area contributed by atoms with Crippen LogP contribution in [0.1, 0.15) is 32.4 Å². The van der Waals surface area contributed by atoms with Crippen LogP contribution in [0.4, 0.5) is 10.1 Å². The molecule has 0 saturated carbocycles. The van der Waals surface area contributed by atoms with Gasteiger partial charge in [0, 0.05) is 16.1 Å². The van der Waals surface area contributed by atoms with E-state index >= 15 is 0 Å². The third-order valence-corrected chi connectivity index (χ3v) is 7.05. The molecule has 2 heterocycles. The average molecular weight is 476 g/mol. The van der Waals surface area contributed by atoms with Crippen LogP contribution in [-0.2, 0) is 14.3 Å². The SMILES string of the molecule is O=C1[C@H]2[C@@H](c3ccc(Cl)cc3)OC3(C(=O)c4ccccc4C3=O)[C@H]2C(=O)N1c1ccc(F)cc1. The number of benzene rings is 3. The summed E-state index contributed by atoms with van der Waals surface area (Å²) >= 11 is 6.02. The Bertz CT molecular complexity index is 1370. The van der Waals surface area contributed by atoms with Gasteiger partial charge in [0.15, 0.2) is 0 Å². The van der Waals surface area contributed by atoms with Crippen LogP contribution in [-0.4, -0.2) is 29.0 Å². The minimum atomic E-state index is -2.15. The zero-order chi connectivity index (χ0) is 23.8. The van der Waals surface area contributed by atoms with Gasteiger partial charge in [0.1, 0.15) is 5.82 Å². The maximum Gasteiger partial charge on any atom is 0.241 e. The van der Waals surface area contributed by atoms with Gasteiger partial charge in [0.25, 0.3) is 0 Å². The number of halogens is 2. The molecular formula is C26H15ClFNO5. The Morgan fingerprint density at radius 1 is 0.794 bits per heavy atom. The zero-order valence-corrected chi connectivity index (χ0v) is 18.2. The van der Waals surface area contributed by atoms with E-state index in [-0.39, 0.29) is 16.8 Å². The van der Waals surface area contributed by atoms with Crippen molar-refractivity contribution in [2.75, 3.05) is 4.90 Å². The molecule has 2 fully saturated rings. The van der Waals surface area contributed by atoms with Crippen LogP contribution < -0.4 is 4.90 Å². The largest absolute Gasteiger partial charge is 0.349 e. The first-order valence-electron chi connectivity index (χ1n) is 10.6. The molecule has 0 unspecified atom stereocenters. The first-order chi connectivity index (χ1) is 16.3. The Labute approximate surface area is 197 Å². The molecule has 3 aliphatic rings. The van der Waals surface area contributed by atoms with E-state index in [1.807, 2.05) is 0 Å². The molecule has 2 aliphatic heterocycles. The van der Waals surface area contributed by atoms with E-state index in [0.29, 0.717) is 10.6 Å². The van der Waals surface area contributed by atoms with Crippen molar-refractivity contribution in [1.29, 1.82) is 0 Å². The average Bonchev–Trinajstić information content (AvgIpc) is 3.40. The Morgan fingerprint density at radius 2 is 1.38 bits per heavy atom. The van der Waals surface area contributed by atoms with Gasteiger partial charge in [-0.2, -0.15) is 0 Å². The minimum absolute atomic E-state index is 0.156. The molecule has 3 aromatic carbocycles. The molecule has 0 N–H and O–H groups in total. The molecule has 6 rings (SSSR count). The van der Waals surface area contributed by atoms with Crippen molar-refractivity contribution in [3.05, 3.63) is 100 Å². The van der Waals surface area contributed by atoms with Crippen LogP contribution in [0.3, 0.4) is 0 Å². The fraction of sp³-hybridized carbons (Fsp3) is 0.154. The van der Waals surface area contributed by atoms with Gasteiger partial charge in [0.05, 0.1) is 23.6 Å². The summed E-state index contributed by atoms with van der Waals surface area (Å²) in [6, 6.07) is 17.6. The minimum Gasteiger partial charge on any atom is -0.349 e. The van der Waals surface area contributed by atoms with Gasteiger partial charge in [-0.15, -0.1) is 0 Å². The van der Waals surface area contributed by atoms with Gasteiger partial charge in [-0.25, -0.2) is 9.29 Å². The summed E-state index contributed by atoms with van der Waals surface area (Å²) in [5, 5.41) is 0.454. The first kappa shape index (κ1) is 20.9. The molecule has 0 bridgehead atoms.